The summed E-state index contributed by atoms with van der Waals surface area (Å²) < 4.78 is 12.8. The first-order valence-corrected chi connectivity index (χ1v) is 15.6. The molecule has 2 amide bonds. The lowest BCUT2D eigenvalue weighted by molar-refractivity contribution is 0.0600. The molecular weight excluding hydrogens is 606 g/mol. The van der Waals surface area contributed by atoms with E-state index < -0.39 is 12.0 Å². The van der Waals surface area contributed by atoms with Crippen LogP contribution in [-0.4, -0.2) is 38.9 Å². The van der Waals surface area contributed by atoms with E-state index in [9.17, 15) is 9.59 Å². The molecule has 6 aromatic rings. The lowest BCUT2D eigenvalue weighted by Gasteiger charge is -2.14. The van der Waals surface area contributed by atoms with E-state index in [0.717, 1.165) is 47.0 Å². The zero-order valence-electron chi connectivity index (χ0n) is 26.9. The number of hydrogen-bond acceptors (Lipinski definition) is 8. The van der Waals surface area contributed by atoms with Gasteiger partial charge in [0.2, 0.25) is 11.8 Å². The molecule has 0 aliphatic heterocycles. The molecule has 0 aliphatic rings. The number of methoxy groups -OCH3 is 1. The molecule has 0 atom stereocenters. The Kier molecular flexibility index (Phi) is 9.56. The van der Waals surface area contributed by atoms with Crippen molar-refractivity contribution in [3.05, 3.63) is 120 Å². The summed E-state index contributed by atoms with van der Waals surface area (Å²) in [6.45, 7) is 4.17. The molecule has 0 saturated heterocycles. The highest BCUT2D eigenvalue weighted by Gasteiger charge is 2.16. The van der Waals surface area contributed by atoms with E-state index in [2.05, 4.69) is 32.8 Å². The first-order valence-electron chi connectivity index (χ1n) is 15.6. The van der Waals surface area contributed by atoms with Crippen molar-refractivity contribution in [2.45, 2.75) is 33.1 Å². The second kappa shape index (κ2) is 14.5. The van der Waals surface area contributed by atoms with Crippen LogP contribution < -0.4 is 20.7 Å². The van der Waals surface area contributed by atoms with Crippen LogP contribution in [0.25, 0.3) is 16.5 Å². The van der Waals surface area contributed by atoms with Crippen molar-refractivity contribution in [2.24, 2.45) is 0 Å². The van der Waals surface area contributed by atoms with Crippen molar-refractivity contribution in [1.82, 2.24) is 19.7 Å². The maximum Gasteiger partial charge on any atom is 0.337 e. The highest BCUT2D eigenvalue weighted by Crippen LogP contribution is 2.34. The van der Waals surface area contributed by atoms with Crippen molar-refractivity contribution in [3.8, 4) is 17.3 Å². The van der Waals surface area contributed by atoms with Crippen LogP contribution >= 0.6 is 0 Å². The van der Waals surface area contributed by atoms with Gasteiger partial charge in [-0.2, -0.15) is 10.1 Å². The highest BCUT2D eigenvalue weighted by molar-refractivity contribution is 6.07. The van der Waals surface area contributed by atoms with Crippen LogP contribution in [0, 0.1) is 6.92 Å². The number of nitrogens with one attached hydrogen (secondary N) is 3. The van der Waals surface area contributed by atoms with Gasteiger partial charge in [0.05, 0.1) is 29.7 Å². The second-order valence-electron chi connectivity index (χ2n) is 11.1. The number of unbranched alkanes of at least 4 members (excludes halogenated alkanes) is 1. The van der Waals surface area contributed by atoms with Gasteiger partial charge < -0.3 is 20.1 Å². The summed E-state index contributed by atoms with van der Waals surface area (Å²) in [4.78, 5) is 34.1. The van der Waals surface area contributed by atoms with Gasteiger partial charge in [-0.15, -0.1) is 0 Å². The first kappa shape index (κ1) is 31.7. The number of hydrogen-bond donors (Lipinski definition) is 3. The van der Waals surface area contributed by atoms with Crippen LogP contribution in [0.5, 0.6) is 11.6 Å². The lowest BCUT2D eigenvalue weighted by atomic mass is 10.1. The molecule has 2 heterocycles. The third kappa shape index (κ3) is 7.42. The number of anilines is 4. The van der Waals surface area contributed by atoms with E-state index in [4.69, 9.17) is 14.6 Å². The van der Waals surface area contributed by atoms with Gasteiger partial charge in [0.15, 0.2) is 0 Å². The van der Waals surface area contributed by atoms with Crippen LogP contribution in [0.15, 0.2) is 103 Å². The number of urea groups is 1. The molecule has 0 unspecified atom stereocenters. The molecule has 11 heteroatoms. The minimum absolute atomic E-state index is 0.288. The molecule has 0 saturated carbocycles. The van der Waals surface area contributed by atoms with Gasteiger partial charge in [-0.3, -0.25) is 5.32 Å². The topological polar surface area (TPSA) is 132 Å². The maximum atomic E-state index is 13.4. The average molecular weight is 642 g/mol. The predicted molar refractivity (Wildman–Crippen MR) is 187 cm³/mol. The fourth-order valence-electron chi connectivity index (χ4n) is 5.16. The van der Waals surface area contributed by atoms with Crippen LogP contribution in [0.4, 0.5) is 27.9 Å². The standard InChI is InChI=1S/C37H35N7O4/c1-4-5-10-27-23-33(44(43-27)28-16-14-24(2)15-17-28)41-37(46)40-31-18-19-32(30-13-7-6-12-29(30)31)48-34-20-21-38-36(42-34)39-26-11-8-9-25(22-26)35(45)47-3/h6-9,11-23H,4-5,10H2,1-3H3,(H,38,39,42)(H2,40,41,46). The average Bonchev–Trinajstić information content (AvgIpc) is 3.50. The Morgan fingerprint density at radius 2 is 1.69 bits per heavy atom. The van der Waals surface area contributed by atoms with E-state index in [0.29, 0.717) is 34.4 Å². The number of fused-ring (bicyclic) bond motifs is 1. The molecule has 4 aromatic carbocycles. The number of aryl methyl sites for hydroxylation is 2. The number of ether oxygens (including phenoxy) is 2. The zero-order valence-corrected chi connectivity index (χ0v) is 26.9. The number of amides is 2. The summed E-state index contributed by atoms with van der Waals surface area (Å²) in [5.74, 6) is 1.29. The van der Waals surface area contributed by atoms with Crippen molar-refractivity contribution in [3.63, 3.8) is 0 Å². The largest absolute Gasteiger partial charge is 0.465 e. The van der Waals surface area contributed by atoms with E-state index in [1.54, 1.807) is 53.3 Å². The molecule has 3 N–H and O–H groups in total. The van der Waals surface area contributed by atoms with Gasteiger partial charge in [-0.1, -0.05) is 61.4 Å². The van der Waals surface area contributed by atoms with E-state index in [1.807, 2.05) is 61.5 Å². The molecule has 2 aromatic heterocycles. The third-order valence-electron chi connectivity index (χ3n) is 7.58. The number of aromatic nitrogens is 4. The van der Waals surface area contributed by atoms with Crippen LogP contribution in [-0.2, 0) is 11.2 Å². The highest BCUT2D eigenvalue weighted by atomic mass is 16.5. The summed E-state index contributed by atoms with van der Waals surface area (Å²) in [7, 11) is 1.33. The summed E-state index contributed by atoms with van der Waals surface area (Å²) in [5, 5.41) is 15.4. The number of benzene rings is 4. The van der Waals surface area contributed by atoms with E-state index >= 15 is 0 Å². The number of rotatable bonds is 11. The number of esters is 1. The minimum atomic E-state index is -0.440. The van der Waals surface area contributed by atoms with E-state index in [1.165, 1.54) is 7.11 Å². The molecule has 242 valence electrons. The fourth-order valence-corrected chi connectivity index (χ4v) is 5.16. The van der Waals surface area contributed by atoms with Gasteiger partial charge in [-0.05, 0) is 62.2 Å². The van der Waals surface area contributed by atoms with Crippen molar-refractivity contribution >= 4 is 45.9 Å². The van der Waals surface area contributed by atoms with Gasteiger partial charge in [0, 0.05) is 34.8 Å². The summed E-state index contributed by atoms with van der Waals surface area (Å²) in [6.07, 6.45) is 4.46. The Morgan fingerprint density at radius 3 is 2.48 bits per heavy atom. The Balaban J connectivity index is 1.20. The number of carbonyl (C=O) groups excluding carboxylic acids is 2. The van der Waals surface area contributed by atoms with Crippen molar-refractivity contribution in [2.75, 3.05) is 23.1 Å². The quantitative estimate of drug-likeness (QED) is 0.120. The fraction of sp³-hybridized carbons (Fsp3) is 0.162. The molecule has 6 rings (SSSR count). The third-order valence-corrected chi connectivity index (χ3v) is 7.58. The normalized spacial score (nSPS) is 10.8. The molecule has 0 fully saturated rings. The number of carbonyl (C=O) groups is 2. The Labute approximate surface area is 278 Å². The Bertz CT molecular complexity index is 2080. The summed E-state index contributed by atoms with van der Waals surface area (Å²) >= 11 is 0. The van der Waals surface area contributed by atoms with Crippen LogP contribution in [0.3, 0.4) is 0 Å². The monoisotopic (exact) mass is 641 g/mol. The molecule has 11 nitrogen and oxygen atoms in total. The van der Waals surface area contributed by atoms with Gasteiger partial charge in [0.25, 0.3) is 0 Å². The molecule has 0 radical (unpaired) electrons. The first-order chi connectivity index (χ1) is 23.4. The molecule has 0 spiro atoms. The van der Waals surface area contributed by atoms with Crippen LogP contribution in [0.2, 0.25) is 0 Å². The molecule has 48 heavy (non-hydrogen) atoms. The Hall–Kier alpha value is -6.23. The molecular formula is C37H35N7O4. The second-order valence-corrected chi connectivity index (χ2v) is 11.1. The van der Waals surface area contributed by atoms with Crippen LogP contribution in [0.1, 0.15) is 41.4 Å². The lowest BCUT2D eigenvalue weighted by Crippen LogP contribution is -2.21. The predicted octanol–water partition coefficient (Wildman–Crippen LogP) is 8.43. The summed E-state index contributed by atoms with van der Waals surface area (Å²) in [5.41, 5.74) is 4.55. The maximum absolute atomic E-state index is 13.4. The zero-order chi connectivity index (χ0) is 33.5. The van der Waals surface area contributed by atoms with E-state index in [-0.39, 0.29) is 5.95 Å². The van der Waals surface area contributed by atoms with Crippen molar-refractivity contribution < 1.29 is 19.1 Å². The molecule has 0 aliphatic carbocycles. The van der Waals surface area contributed by atoms with Crippen molar-refractivity contribution in [1.29, 1.82) is 0 Å². The van der Waals surface area contributed by atoms with Gasteiger partial charge in [0.1, 0.15) is 11.6 Å². The van der Waals surface area contributed by atoms with Gasteiger partial charge in [-0.25, -0.2) is 19.3 Å². The number of nitrogens with zero attached hydrogens (tertiary/aromatic N) is 4. The Morgan fingerprint density at radius 1 is 0.875 bits per heavy atom. The smallest absolute Gasteiger partial charge is 0.337 e. The SMILES string of the molecule is CCCCc1cc(NC(=O)Nc2ccc(Oc3ccnc(Nc4cccc(C(=O)OC)c4)n3)c3ccccc23)n(-c2ccc(C)cc2)n1. The summed E-state index contributed by atoms with van der Waals surface area (Å²) in [6, 6.07) is 29.2. The minimum Gasteiger partial charge on any atom is -0.465 e. The van der Waals surface area contributed by atoms with Gasteiger partial charge >= 0.3 is 12.0 Å². The molecule has 0 bridgehead atoms.